The number of anilines is 1. The van der Waals surface area contributed by atoms with Crippen molar-refractivity contribution >= 4 is 23.0 Å². The molecule has 29 heavy (non-hydrogen) atoms. The molecule has 1 fully saturated rings. The summed E-state index contributed by atoms with van der Waals surface area (Å²) in [6, 6.07) is -0.616. The van der Waals surface area contributed by atoms with Crippen LogP contribution in [0.5, 0.6) is 0 Å². The Balaban J connectivity index is 1.60. The summed E-state index contributed by atoms with van der Waals surface area (Å²) in [7, 11) is 3.01. The number of aromatic nitrogens is 4. The van der Waals surface area contributed by atoms with Crippen LogP contribution in [0.3, 0.4) is 0 Å². The molecule has 1 aliphatic heterocycles. The summed E-state index contributed by atoms with van der Waals surface area (Å²) >= 11 is 0. The number of nitroso groups, excluding NO2 is 1. The van der Waals surface area contributed by atoms with E-state index in [4.69, 9.17) is 10.5 Å². The highest BCUT2D eigenvalue weighted by atomic mass is 16.6. The number of urea groups is 1. The summed E-state index contributed by atoms with van der Waals surface area (Å²) in [6.45, 7) is 0.964. The average Bonchev–Trinajstić information content (AvgIpc) is 3.24. The van der Waals surface area contributed by atoms with Gasteiger partial charge >= 0.3 is 6.03 Å². The van der Waals surface area contributed by atoms with E-state index in [1.54, 1.807) is 7.05 Å². The number of imidazole rings is 1. The number of rotatable bonds is 7. The van der Waals surface area contributed by atoms with Crippen molar-refractivity contribution in [2.75, 3.05) is 39.5 Å². The van der Waals surface area contributed by atoms with Gasteiger partial charge in [-0.25, -0.2) is 19.7 Å². The van der Waals surface area contributed by atoms with Crippen LogP contribution in [0.4, 0.5) is 10.6 Å². The predicted molar refractivity (Wildman–Crippen MR) is 100 cm³/mol. The molecule has 158 valence electrons. The number of likely N-dealkylation sites (N-methyl/N-ethyl adjacent to an activating group) is 1. The average molecular weight is 409 g/mol. The molecule has 0 aliphatic carbocycles. The van der Waals surface area contributed by atoms with Gasteiger partial charge < -0.3 is 30.9 Å². The fourth-order valence-electron chi connectivity index (χ4n) is 3.07. The van der Waals surface area contributed by atoms with E-state index in [1.165, 1.54) is 24.3 Å². The standard InChI is InChI=1S/C15H23N9O5/c1-22(4-3-17-15(27)23(2)21-28)5-8-10(25)11(26)14(29-8)24-7-20-9-12(16)18-6-19-13(9)24/h6-8,10-11,14,25-26H,3-5H2,1-2H3,(H,17,27)(H2,16,18,19)/t8-,10-,11-,14-/m1/s1. The third-order valence-electron chi connectivity index (χ3n) is 4.68. The Morgan fingerprint density at radius 3 is 2.83 bits per heavy atom. The van der Waals surface area contributed by atoms with Gasteiger partial charge in [-0.05, 0) is 7.05 Å². The third kappa shape index (κ3) is 4.24. The second kappa shape index (κ2) is 8.60. The number of carbonyl (C=O) groups is 1. The van der Waals surface area contributed by atoms with E-state index < -0.39 is 30.6 Å². The Morgan fingerprint density at radius 2 is 2.10 bits per heavy atom. The normalized spacial score (nSPS) is 24.2. The van der Waals surface area contributed by atoms with Crippen LogP contribution in [-0.2, 0) is 4.74 Å². The summed E-state index contributed by atoms with van der Waals surface area (Å²) in [5.41, 5.74) is 6.54. The number of nitrogens with two attached hydrogens (primary N) is 1. The molecule has 0 saturated carbocycles. The minimum Gasteiger partial charge on any atom is -0.387 e. The first-order chi connectivity index (χ1) is 13.8. The van der Waals surface area contributed by atoms with Crippen LogP contribution in [0.25, 0.3) is 11.2 Å². The van der Waals surface area contributed by atoms with Crippen LogP contribution >= 0.6 is 0 Å². The fraction of sp³-hybridized carbons (Fsp3) is 0.600. The van der Waals surface area contributed by atoms with Gasteiger partial charge in [-0.3, -0.25) is 4.57 Å². The molecule has 14 heteroatoms. The molecule has 2 amide bonds. The molecule has 1 saturated heterocycles. The van der Waals surface area contributed by atoms with Crippen molar-refractivity contribution in [2.24, 2.45) is 5.29 Å². The monoisotopic (exact) mass is 409 g/mol. The molecule has 3 heterocycles. The van der Waals surface area contributed by atoms with E-state index in [2.05, 4.69) is 25.6 Å². The number of ether oxygens (including phenoxy) is 1. The highest BCUT2D eigenvalue weighted by molar-refractivity contribution is 5.81. The van der Waals surface area contributed by atoms with Crippen LogP contribution in [0.1, 0.15) is 6.23 Å². The molecule has 0 bridgehead atoms. The molecule has 4 atom stereocenters. The second-order valence-electron chi connectivity index (χ2n) is 6.73. The van der Waals surface area contributed by atoms with Crippen molar-refractivity contribution in [3.8, 4) is 0 Å². The zero-order valence-electron chi connectivity index (χ0n) is 15.9. The lowest BCUT2D eigenvalue weighted by Crippen LogP contribution is -2.42. The predicted octanol–water partition coefficient (Wildman–Crippen LogP) is -1.72. The van der Waals surface area contributed by atoms with Gasteiger partial charge in [0.15, 0.2) is 17.7 Å². The summed E-state index contributed by atoms with van der Waals surface area (Å²) in [5, 5.41) is 26.5. The summed E-state index contributed by atoms with van der Waals surface area (Å²) in [4.78, 5) is 35.7. The maximum absolute atomic E-state index is 11.5. The number of aliphatic hydroxyl groups is 2. The van der Waals surface area contributed by atoms with Crippen molar-refractivity contribution in [3.63, 3.8) is 0 Å². The number of aliphatic hydroxyl groups excluding tert-OH is 2. The van der Waals surface area contributed by atoms with E-state index in [9.17, 15) is 19.9 Å². The lowest BCUT2D eigenvalue weighted by molar-refractivity contribution is -0.0420. The van der Waals surface area contributed by atoms with Crippen LogP contribution in [0.2, 0.25) is 0 Å². The molecule has 2 aromatic rings. The van der Waals surface area contributed by atoms with Crippen molar-refractivity contribution in [1.82, 2.24) is 34.7 Å². The number of hydrogen-bond donors (Lipinski definition) is 4. The number of hydrogen-bond acceptors (Lipinski definition) is 11. The molecule has 0 aromatic carbocycles. The molecular weight excluding hydrogens is 386 g/mol. The van der Waals surface area contributed by atoms with Gasteiger partial charge in [0, 0.05) is 26.7 Å². The van der Waals surface area contributed by atoms with Crippen molar-refractivity contribution in [2.45, 2.75) is 24.5 Å². The van der Waals surface area contributed by atoms with Gasteiger partial charge in [0.05, 0.1) is 11.6 Å². The Bertz CT molecular complexity index is 877. The molecule has 0 spiro atoms. The lowest BCUT2D eigenvalue weighted by atomic mass is 10.1. The maximum Gasteiger partial charge on any atom is 0.340 e. The number of fused-ring (bicyclic) bond motifs is 1. The number of nitrogen functional groups attached to an aromatic ring is 1. The van der Waals surface area contributed by atoms with Crippen LogP contribution < -0.4 is 11.1 Å². The van der Waals surface area contributed by atoms with Gasteiger partial charge in [0.25, 0.3) is 0 Å². The van der Waals surface area contributed by atoms with E-state index in [0.717, 1.165) is 0 Å². The molecule has 14 nitrogen and oxygen atoms in total. The maximum atomic E-state index is 11.5. The molecule has 0 unspecified atom stereocenters. The smallest absolute Gasteiger partial charge is 0.340 e. The Morgan fingerprint density at radius 1 is 1.34 bits per heavy atom. The molecule has 3 rings (SSSR count). The van der Waals surface area contributed by atoms with Crippen molar-refractivity contribution in [3.05, 3.63) is 17.6 Å². The quantitative estimate of drug-likeness (QED) is 0.303. The number of carbonyl (C=O) groups excluding carboxylic acids is 1. The minimum atomic E-state index is -1.20. The first kappa shape index (κ1) is 20.8. The van der Waals surface area contributed by atoms with Crippen molar-refractivity contribution in [1.29, 1.82) is 0 Å². The summed E-state index contributed by atoms with van der Waals surface area (Å²) < 4.78 is 7.36. The third-order valence-corrected chi connectivity index (χ3v) is 4.68. The van der Waals surface area contributed by atoms with E-state index in [-0.39, 0.29) is 18.9 Å². The molecule has 5 N–H and O–H groups in total. The van der Waals surface area contributed by atoms with Gasteiger partial charge in [-0.2, -0.15) is 5.01 Å². The van der Waals surface area contributed by atoms with E-state index >= 15 is 0 Å². The first-order valence-electron chi connectivity index (χ1n) is 8.81. The van der Waals surface area contributed by atoms with Crippen LogP contribution in [0, 0.1) is 4.91 Å². The van der Waals surface area contributed by atoms with Gasteiger partial charge in [-0.15, -0.1) is 4.91 Å². The lowest BCUT2D eigenvalue weighted by Gasteiger charge is -2.23. The SMILES string of the molecule is CN(CCNC(=O)N(C)N=O)C[C@H]1O[C@@H](n2cnc3c(N)ncnc32)[C@H](O)[C@@H]1O. The Labute approximate surface area is 165 Å². The van der Waals surface area contributed by atoms with Gasteiger partial charge in [0.2, 0.25) is 0 Å². The zero-order chi connectivity index (χ0) is 21.1. The second-order valence-corrected chi connectivity index (χ2v) is 6.73. The molecule has 0 radical (unpaired) electrons. The number of nitrogens with one attached hydrogen (secondary N) is 1. The van der Waals surface area contributed by atoms with Crippen molar-refractivity contribution < 1.29 is 19.7 Å². The number of amides is 2. The Hall–Kier alpha value is -2.94. The van der Waals surface area contributed by atoms with Crippen LogP contribution in [0.15, 0.2) is 17.9 Å². The molecule has 2 aromatic heterocycles. The fourth-order valence-corrected chi connectivity index (χ4v) is 3.07. The van der Waals surface area contributed by atoms with Crippen LogP contribution in [-0.4, -0.2) is 97.7 Å². The zero-order valence-corrected chi connectivity index (χ0v) is 15.9. The molecular formula is C15H23N9O5. The van der Waals surface area contributed by atoms with Gasteiger partial charge in [0.1, 0.15) is 30.2 Å². The highest BCUT2D eigenvalue weighted by Gasteiger charge is 2.44. The van der Waals surface area contributed by atoms with E-state index in [1.807, 2.05) is 4.90 Å². The number of nitrogens with zero attached hydrogens (tertiary/aromatic N) is 7. The summed E-state index contributed by atoms with van der Waals surface area (Å²) in [6.07, 6.45) is -1.21. The topological polar surface area (TPSA) is 184 Å². The largest absolute Gasteiger partial charge is 0.387 e. The minimum absolute atomic E-state index is 0.204. The molecule has 1 aliphatic rings. The Kier molecular flexibility index (Phi) is 6.17. The summed E-state index contributed by atoms with van der Waals surface area (Å²) in [5.74, 6) is 0.204. The van der Waals surface area contributed by atoms with Gasteiger partial charge in [-0.1, -0.05) is 0 Å². The highest BCUT2D eigenvalue weighted by Crippen LogP contribution is 2.32. The first-order valence-corrected chi connectivity index (χ1v) is 8.81. The van der Waals surface area contributed by atoms with E-state index in [0.29, 0.717) is 22.7 Å².